The van der Waals surface area contributed by atoms with Crippen LogP contribution in [0.5, 0.6) is 0 Å². The van der Waals surface area contributed by atoms with Crippen LogP contribution in [0.4, 0.5) is 0 Å². The molecule has 0 aliphatic rings. The van der Waals surface area contributed by atoms with E-state index < -0.39 is 0 Å². The number of fused-ring (bicyclic) bond motifs is 1. The second kappa shape index (κ2) is 8.40. The summed E-state index contributed by atoms with van der Waals surface area (Å²) >= 11 is 5.32. The number of halogens is 1. The zero-order valence-electron chi connectivity index (χ0n) is 10.7. The van der Waals surface area contributed by atoms with Crippen LogP contribution in [0.15, 0.2) is 35.4 Å². The van der Waals surface area contributed by atoms with E-state index >= 15 is 0 Å². The van der Waals surface area contributed by atoms with Crippen LogP contribution in [0.3, 0.4) is 0 Å². The summed E-state index contributed by atoms with van der Waals surface area (Å²) in [7, 11) is 0. The van der Waals surface area contributed by atoms with Gasteiger partial charge in [-0.25, -0.2) is 0 Å². The second-order valence-corrected chi connectivity index (χ2v) is 7.38. The summed E-state index contributed by atoms with van der Waals surface area (Å²) in [5.41, 5.74) is 1.04. The molecular formula is C16H12BrNSSe. The SMILES string of the molecule is C#CCSc1cnc2ccccc2c1[Se]CC#CCBr. The summed E-state index contributed by atoms with van der Waals surface area (Å²) < 4.78 is 1.37. The number of rotatable bonds is 4. The topological polar surface area (TPSA) is 12.9 Å². The molecule has 1 nitrogen and oxygen atoms in total. The van der Waals surface area contributed by atoms with Crippen molar-refractivity contribution < 1.29 is 0 Å². The van der Waals surface area contributed by atoms with Crippen molar-refractivity contribution >= 4 is 58.0 Å². The molecule has 0 saturated carbocycles. The number of hydrogen-bond donors (Lipinski definition) is 0. The van der Waals surface area contributed by atoms with Gasteiger partial charge in [0, 0.05) is 0 Å². The van der Waals surface area contributed by atoms with Gasteiger partial charge in [-0.1, -0.05) is 0 Å². The Balaban J connectivity index is 2.36. The monoisotopic (exact) mass is 409 g/mol. The van der Waals surface area contributed by atoms with E-state index in [1.807, 2.05) is 12.3 Å². The van der Waals surface area contributed by atoms with Gasteiger partial charge in [0.2, 0.25) is 0 Å². The molecule has 1 aromatic heterocycles. The molecule has 0 N–H and O–H groups in total. The first-order valence-corrected chi connectivity index (χ1v) is 10.1. The molecular weight excluding hydrogens is 397 g/mol. The van der Waals surface area contributed by atoms with Crippen LogP contribution in [-0.4, -0.2) is 31.0 Å². The van der Waals surface area contributed by atoms with Gasteiger partial charge in [-0.2, -0.15) is 0 Å². The van der Waals surface area contributed by atoms with Gasteiger partial charge in [-0.3, -0.25) is 0 Å². The van der Waals surface area contributed by atoms with Crippen LogP contribution in [0.1, 0.15) is 0 Å². The van der Waals surface area contributed by atoms with E-state index in [0.29, 0.717) is 20.7 Å². The van der Waals surface area contributed by atoms with Crippen molar-refractivity contribution in [3.8, 4) is 24.2 Å². The molecule has 0 atom stereocenters. The second-order valence-electron chi connectivity index (χ2n) is 3.74. The number of para-hydroxylation sites is 1. The van der Waals surface area contributed by atoms with E-state index in [-0.39, 0.29) is 0 Å². The third-order valence-corrected chi connectivity index (χ3v) is 6.12. The summed E-state index contributed by atoms with van der Waals surface area (Å²) in [6, 6.07) is 8.26. The average molecular weight is 409 g/mol. The third kappa shape index (κ3) is 4.05. The molecule has 0 amide bonds. The summed E-state index contributed by atoms with van der Waals surface area (Å²) in [4.78, 5) is 5.71. The fourth-order valence-electron chi connectivity index (χ4n) is 1.68. The molecule has 0 aliphatic carbocycles. The van der Waals surface area contributed by atoms with Crippen molar-refractivity contribution in [2.45, 2.75) is 10.2 Å². The maximum atomic E-state index is 5.37. The van der Waals surface area contributed by atoms with Crippen molar-refractivity contribution in [3.05, 3.63) is 30.5 Å². The zero-order valence-corrected chi connectivity index (χ0v) is 14.8. The molecule has 4 heteroatoms. The molecule has 0 radical (unpaired) electrons. The molecule has 20 heavy (non-hydrogen) atoms. The van der Waals surface area contributed by atoms with E-state index in [2.05, 4.69) is 56.9 Å². The Bertz CT molecular complexity index is 697. The van der Waals surface area contributed by atoms with Gasteiger partial charge in [0.25, 0.3) is 0 Å². The standard InChI is InChI=1S/C16H12BrNSSe/c1-2-10-19-15-12-18-14-8-4-3-7-13(14)16(15)20-11-6-5-9-17/h1,3-4,7-8,12H,9-11H2. The van der Waals surface area contributed by atoms with Crippen molar-refractivity contribution in [1.29, 1.82) is 0 Å². The third-order valence-electron chi connectivity index (χ3n) is 2.48. The van der Waals surface area contributed by atoms with E-state index in [1.165, 1.54) is 14.7 Å². The van der Waals surface area contributed by atoms with Gasteiger partial charge < -0.3 is 0 Å². The van der Waals surface area contributed by atoms with Crippen molar-refractivity contribution in [2.75, 3.05) is 11.1 Å². The van der Waals surface area contributed by atoms with E-state index in [4.69, 9.17) is 6.42 Å². The first-order valence-electron chi connectivity index (χ1n) is 5.95. The van der Waals surface area contributed by atoms with Crippen molar-refractivity contribution in [1.82, 2.24) is 4.98 Å². The van der Waals surface area contributed by atoms with E-state index in [0.717, 1.165) is 16.2 Å². The molecule has 2 rings (SSSR count). The fourth-order valence-corrected chi connectivity index (χ4v) is 4.92. The Morgan fingerprint density at radius 2 is 2.15 bits per heavy atom. The number of hydrogen-bond acceptors (Lipinski definition) is 2. The molecule has 0 fully saturated rings. The number of aromatic nitrogens is 1. The predicted molar refractivity (Wildman–Crippen MR) is 93.1 cm³/mol. The van der Waals surface area contributed by atoms with Gasteiger partial charge >= 0.3 is 139 Å². The maximum absolute atomic E-state index is 5.37. The number of nitrogens with zero attached hydrogens (tertiary/aromatic N) is 1. The van der Waals surface area contributed by atoms with Gasteiger partial charge in [-0.15, -0.1) is 0 Å². The Hall–Kier alpha value is -0.901. The van der Waals surface area contributed by atoms with Crippen LogP contribution >= 0.6 is 27.7 Å². The first-order chi connectivity index (χ1) is 9.86. The fraction of sp³-hybridized carbons (Fsp3) is 0.188. The Morgan fingerprint density at radius 3 is 2.95 bits per heavy atom. The molecule has 0 bridgehead atoms. The summed E-state index contributed by atoms with van der Waals surface area (Å²) in [6.07, 6.45) is 7.31. The van der Waals surface area contributed by atoms with Gasteiger partial charge in [0.1, 0.15) is 0 Å². The minimum absolute atomic E-state index is 0.314. The quantitative estimate of drug-likeness (QED) is 0.333. The molecule has 0 aliphatic heterocycles. The van der Waals surface area contributed by atoms with Gasteiger partial charge in [-0.05, 0) is 0 Å². The summed E-state index contributed by atoms with van der Waals surface area (Å²) in [5, 5.41) is 2.88. The average Bonchev–Trinajstić information content (AvgIpc) is 2.50. The zero-order chi connectivity index (χ0) is 14.2. The molecule has 1 aromatic carbocycles. The summed E-state index contributed by atoms with van der Waals surface area (Å²) in [5.74, 6) is 9.60. The number of terminal acetylenes is 1. The molecule has 2 aromatic rings. The molecule has 0 unspecified atom stereocenters. The first kappa shape index (κ1) is 15.5. The van der Waals surface area contributed by atoms with Crippen molar-refractivity contribution in [2.24, 2.45) is 0 Å². The van der Waals surface area contributed by atoms with Crippen LogP contribution < -0.4 is 4.46 Å². The Morgan fingerprint density at radius 1 is 1.30 bits per heavy atom. The minimum atomic E-state index is 0.314. The normalized spacial score (nSPS) is 9.80. The predicted octanol–water partition coefficient (Wildman–Crippen LogP) is 3.11. The van der Waals surface area contributed by atoms with Crippen molar-refractivity contribution in [3.63, 3.8) is 0 Å². The number of alkyl halides is 1. The summed E-state index contributed by atoms with van der Waals surface area (Å²) in [6.45, 7) is 0. The number of benzene rings is 1. The molecule has 100 valence electrons. The van der Waals surface area contributed by atoms with E-state index in [9.17, 15) is 0 Å². The van der Waals surface area contributed by atoms with Gasteiger partial charge in [0.15, 0.2) is 0 Å². The van der Waals surface area contributed by atoms with Crippen LogP contribution in [0, 0.1) is 24.2 Å². The molecule has 1 heterocycles. The molecule has 0 spiro atoms. The number of thioether (sulfide) groups is 1. The number of pyridine rings is 1. The Labute approximate surface area is 138 Å². The van der Waals surface area contributed by atoms with E-state index in [1.54, 1.807) is 11.8 Å². The van der Waals surface area contributed by atoms with Gasteiger partial charge in [0.05, 0.1) is 0 Å². The van der Waals surface area contributed by atoms with Crippen LogP contribution in [-0.2, 0) is 0 Å². The Kier molecular flexibility index (Phi) is 6.51. The molecule has 0 saturated heterocycles. The van der Waals surface area contributed by atoms with Crippen LogP contribution in [0.25, 0.3) is 10.9 Å². The van der Waals surface area contributed by atoms with Crippen LogP contribution in [0.2, 0.25) is 5.32 Å².